The molecule has 35 heavy (non-hydrogen) atoms. The van der Waals surface area contributed by atoms with Crippen molar-refractivity contribution in [3.05, 3.63) is 137 Å². The van der Waals surface area contributed by atoms with E-state index in [4.69, 9.17) is 5.73 Å². The molecule has 0 bridgehead atoms. The minimum atomic E-state index is -0.449. The summed E-state index contributed by atoms with van der Waals surface area (Å²) in [6, 6.07) is 6.37. The third kappa shape index (κ3) is 6.05. The van der Waals surface area contributed by atoms with Crippen LogP contribution in [-0.2, 0) is 6.54 Å². The number of rotatable bonds is 11. The summed E-state index contributed by atoms with van der Waals surface area (Å²) in [6.45, 7) is 37.7. The molecule has 0 fully saturated rings. The lowest BCUT2D eigenvalue weighted by Gasteiger charge is -2.32. The van der Waals surface area contributed by atoms with Gasteiger partial charge in [0.05, 0.1) is 0 Å². The van der Waals surface area contributed by atoms with Crippen LogP contribution in [0.1, 0.15) is 45.7 Å². The minimum Gasteiger partial charge on any atom is -0.402 e. The zero-order chi connectivity index (χ0) is 26.7. The maximum absolute atomic E-state index is 6.04. The van der Waals surface area contributed by atoms with Gasteiger partial charge in [-0.3, -0.25) is 0 Å². The van der Waals surface area contributed by atoms with Crippen LogP contribution in [0, 0.1) is 12.3 Å². The van der Waals surface area contributed by atoms with Crippen molar-refractivity contribution in [1.29, 1.82) is 0 Å². The van der Waals surface area contributed by atoms with Gasteiger partial charge in [0, 0.05) is 34.7 Å². The van der Waals surface area contributed by atoms with Crippen LogP contribution in [0.3, 0.4) is 0 Å². The molecule has 1 unspecified atom stereocenters. The smallest absolute Gasteiger partial charge is 0.0493 e. The third-order valence-corrected chi connectivity index (χ3v) is 6.69. The number of aryl methyl sites for hydroxylation is 1. The molecule has 0 amide bonds. The summed E-state index contributed by atoms with van der Waals surface area (Å²) in [4.78, 5) is 0. The second-order valence-electron chi connectivity index (χ2n) is 9.80. The van der Waals surface area contributed by atoms with Crippen molar-refractivity contribution in [3.8, 4) is 0 Å². The lowest BCUT2D eigenvalue weighted by molar-refractivity contribution is 0.618. The van der Waals surface area contributed by atoms with Gasteiger partial charge in [0.25, 0.3) is 0 Å². The maximum atomic E-state index is 6.04. The first-order chi connectivity index (χ1) is 16.2. The van der Waals surface area contributed by atoms with Crippen LogP contribution in [0.4, 0.5) is 5.69 Å². The molecule has 0 spiro atoms. The maximum Gasteiger partial charge on any atom is 0.0493 e. The van der Waals surface area contributed by atoms with Crippen LogP contribution >= 0.6 is 0 Å². The van der Waals surface area contributed by atoms with Crippen LogP contribution in [-0.4, -0.2) is 0 Å². The fourth-order valence-corrected chi connectivity index (χ4v) is 4.10. The largest absolute Gasteiger partial charge is 0.402 e. The number of hydrogen-bond donors (Lipinski definition) is 3. The molecular formula is C32H41N3. The molecule has 184 valence electrons. The highest BCUT2D eigenvalue weighted by atomic mass is 14.9. The summed E-state index contributed by atoms with van der Waals surface area (Å²) in [7, 11) is 0. The Labute approximate surface area is 212 Å². The SMILES string of the molecule is C=C(/C=C(/C(=C)C)C(C)(/C=C(\C)N)C(=C)C)C(=C)NCc1ccc(C)c(NC2=C(C)C(=C)C2=C)c1. The Kier molecular flexibility index (Phi) is 8.41. The summed E-state index contributed by atoms with van der Waals surface area (Å²) < 4.78 is 0. The van der Waals surface area contributed by atoms with E-state index in [1.807, 2.05) is 32.9 Å². The molecule has 3 nitrogen and oxygen atoms in total. The van der Waals surface area contributed by atoms with Gasteiger partial charge in [0.2, 0.25) is 0 Å². The molecule has 4 N–H and O–H groups in total. The number of nitrogens with two attached hydrogens (primary N) is 1. The van der Waals surface area contributed by atoms with Crippen molar-refractivity contribution in [2.75, 3.05) is 5.32 Å². The molecule has 0 radical (unpaired) electrons. The topological polar surface area (TPSA) is 50.1 Å². The predicted octanol–water partition coefficient (Wildman–Crippen LogP) is 7.91. The zero-order valence-electron chi connectivity index (χ0n) is 22.4. The third-order valence-electron chi connectivity index (χ3n) is 6.69. The van der Waals surface area contributed by atoms with Crippen LogP contribution in [0.25, 0.3) is 0 Å². The first-order valence-corrected chi connectivity index (χ1v) is 11.8. The van der Waals surface area contributed by atoms with E-state index in [1.165, 1.54) is 5.56 Å². The lowest BCUT2D eigenvalue weighted by Crippen LogP contribution is -2.21. The number of nitrogens with one attached hydrogen (secondary N) is 2. The molecule has 1 aromatic rings. The predicted molar refractivity (Wildman–Crippen MR) is 155 cm³/mol. The first-order valence-electron chi connectivity index (χ1n) is 11.8. The highest BCUT2D eigenvalue weighted by Gasteiger charge is 2.28. The van der Waals surface area contributed by atoms with E-state index in [1.54, 1.807) is 0 Å². The van der Waals surface area contributed by atoms with E-state index in [0.29, 0.717) is 6.54 Å². The van der Waals surface area contributed by atoms with Gasteiger partial charge in [-0.15, -0.1) is 0 Å². The fraction of sp³-hybridized carbons (Fsp3) is 0.250. The van der Waals surface area contributed by atoms with E-state index < -0.39 is 5.41 Å². The molecule has 2 rings (SSSR count). The van der Waals surface area contributed by atoms with Crippen molar-refractivity contribution < 1.29 is 0 Å². The fourth-order valence-electron chi connectivity index (χ4n) is 4.10. The first kappa shape index (κ1) is 27.5. The summed E-state index contributed by atoms with van der Waals surface area (Å²) in [6.07, 6.45) is 4.04. The van der Waals surface area contributed by atoms with Crippen molar-refractivity contribution in [2.24, 2.45) is 11.1 Å². The van der Waals surface area contributed by atoms with Gasteiger partial charge in [0.15, 0.2) is 0 Å². The Morgan fingerprint density at radius 1 is 1.03 bits per heavy atom. The van der Waals surface area contributed by atoms with E-state index >= 15 is 0 Å². The van der Waals surface area contributed by atoms with Crippen LogP contribution < -0.4 is 16.4 Å². The summed E-state index contributed by atoms with van der Waals surface area (Å²) in [5, 5.41) is 6.93. The second kappa shape index (κ2) is 10.7. The molecule has 1 aromatic carbocycles. The molecule has 1 atom stereocenters. The summed E-state index contributed by atoms with van der Waals surface area (Å²) in [5.41, 5.74) is 18.3. The number of benzene rings is 1. The molecular weight excluding hydrogens is 426 g/mol. The van der Waals surface area contributed by atoms with Gasteiger partial charge >= 0.3 is 0 Å². The average molecular weight is 468 g/mol. The minimum absolute atomic E-state index is 0.449. The molecule has 0 saturated heterocycles. The number of allylic oxidation sites excluding steroid dienone is 8. The molecule has 0 aromatic heterocycles. The molecule has 0 heterocycles. The van der Waals surface area contributed by atoms with Gasteiger partial charge < -0.3 is 16.4 Å². The number of hydrogen-bond acceptors (Lipinski definition) is 3. The van der Waals surface area contributed by atoms with Gasteiger partial charge in [-0.05, 0) is 92.7 Å². The van der Waals surface area contributed by atoms with Gasteiger partial charge in [-0.25, -0.2) is 0 Å². The molecule has 0 saturated carbocycles. The molecule has 0 aliphatic heterocycles. The Balaban J connectivity index is 2.20. The second-order valence-corrected chi connectivity index (χ2v) is 9.80. The van der Waals surface area contributed by atoms with Crippen LogP contribution in [0.5, 0.6) is 0 Å². The van der Waals surface area contributed by atoms with Gasteiger partial charge in [0.1, 0.15) is 0 Å². The lowest BCUT2D eigenvalue weighted by atomic mass is 9.73. The van der Waals surface area contributed by atoms with Crippen molar-refractivity contribution in [3.63, 3.8) is 0 Å². The summed E-state index contributed by atoms with van der Waals surface area (Å²) in [5.74, 6) is 0. The van der Waals surface area contributed by atoms with Crippen LogP contribution in [0.15, 0.2) is 126 Å². The average Bonchev–Trinajstić information content (AvgIpc) is 2.78. The molecule has 3 heteroatoms. The van der Waals surface area contributed by atoms with Crippen LogP contribution in [0.2, 0.25) is 0 Å². The molecule has 1 aliphatic carbocycles. The number of anilines is 1. The highest BCUT2D eigenvalue weighted by Crippen LogP contribution is 2.41. The Bertz CT molecular complexity index is 1230. The van der Waals surface area contributed by atoms with E-state index in [0.717, 1.165) is 67.4 Å². The zero-order valence-corrected chi connectivity index (χ0v) is 22.4. The Hall–Kier alpha value is -3.72. The quantitative estimate of drug-likeness (QED) is 0.229. The monoisotopic (exact) mass is 467 g/mol. The van der Waals surface area contributed by atoms with E-state index in [9.17, 15) is 0 Å². The van der Waals surface area contributed by atoms with Crippen molar-refractivity contribution in [2.45, 2.75) is 48.1 Å². The standard InChI is InChI=1S/C32H41N3/c1-19(2)29(32(12,20(3)4)17-23(7)33)15-22(6)27(11)34-18-28-14-13-21(5)30(16-28)35-31-25(9)24(8)26(31)10/h13-17,34-35H,1,3,6,8-9,11,18,33H2,2,4-5,7,10,12H3/b23-17+,29-15-. The van der Waals surface area contributed by atoms with Crippen molar-refractivity contribution in [1.82, 2.24) is 5.32 Å². The normalized spacial score (nSPS) is 15.8. The van der Waals surface area contributed by atoms with E-state index in [2.05, 4.69) is 89.1 Å². The van der Waals surface area contributed by atoms with E-state index in [-0.39, 0.29) is 0 Å². The van der Waals surface area contributed by atoms with Crippen molar-refractivity contribution >= 4 is 5.69 Å². The highest BCUT2D eigenvalue weighted by molar-refractivity contribution is 5.73. The Morgan fingerprint density at radius 3 is 2.17 bits per heavy atom. The van der Waals surface area contributed by atoms with Gasteiger partial charge in [-0.2, -0.15) is 0 Å². The summed E-state index contributed by atoms with van der Waals surface area (Å²) >= 11 is 0. The Morgan fingerprint density at radius 2 is 1.66 bits per heavy atom. The van der Waals surface area contributed by atoms with Gasteiger partial charge in [-0.1, -0.05) is 68.8 Å². The molecule has 1 aliphatic rings.